The van der Waals surface area contributed by atoms with E-state index >= 15 is 0 Å². The molecule has 1 saturated heterocycles. The molecule has 3 aliphatic rings. The summed E-state index contributed by atoms with van der Waals surface area (Å²) in [5.41, 5.74) is 1.51. The van der Waals surface area contributed by atoms with E-state index in [0.717, 1.165) is 15.5 Å². The lowest BCUT2D eigenvalue weighted by Crippen LogP contribution is -2.32. The number of aromatic nitrogens is 1. The Morgan fingerprint density at radius 2 is 1.83 bits per heavy atom. The van der Waals surface area contributed by atoms with Crippen LogP contribution in [0.5, 0.6) is 11.5 Å². The lowest BCUT2D eigenvalue weighted by molar-refractivity contribution is -0.122. The fourth-order valence-corrected chi connectivity index (χ4v) is 7.27. The number of rotatable bonds is 2. The van der Waals surface area contributed by atoms with Crippen LogP contribution in [0.25, 0.3) is 0 Å². The maximum Gasteiger partial charge on any atom is 0.248 e. The topological polar surface area (TPSA) is 71.6 Å². The summed E-state index contributed by atoms with van der Waals surface area (Å²) >= 11 is 8.24. The van der Waals surface area contributed by atoms with Crippen molar-refractivity contribution in [3.63, 3.8) is 0 Å². The second-order valence-corrected chi connectivity index (χ2v) is 10.1. The second kappa shape index (κ2) is 6.69. The molecule has 2 aromatic carbocycles. The summed E-state index contributed by atoms with van der Waals surface area (Å²) in [6.07, 6.45) is 0. The predicted molar refractivity (Wildman–Crippen MR) is 116 cm³/mol. The van der Waals surface area contributed by atoms with Gasteiger partial charge in [-0.1, -0.05) is 36.0 Å². The van der Waals surface area contributed by atoms with Crippen LogP contribution >= 0.6 is 35.3 Å². The molecule has 0 aliphatic carbocycles. The summed E-state index contributed by atoms with van der Waals surface area (Å²) in [5, 5.41) is 0.353. The van der Waals surface area contributed by atoms with Crippen LogP contribution in [0.1, 0.15) is 16.4 Å². The first-order valence-corrected chi connectivity index (χ1v) is 11.4. The number of hydrogen-bond acceptors (Lipinski definition) is 7. The van der Waals surface area contributed by atoms with Gasteiger partial charge >= 0.3 is 0 Å². The van der Waals surface area contributed by atoms with Gasteiger partial charge in [0.05, 0.1) is 16.6 Å². The first kappa shape index (κ1) is 18.2. The van der Waals surface area contributed by atoms with Gasteiger partial charge in [-0.05, 0) is 42.0 Å². The highest BCUT2D eigenvalue weighted by Crippen LogP contribution is 2.54. The standard InChI is InChI=1S/C21H14N2O4S3/c24-19-15-14(10-6-7-12-13(8-10)27-9-26-12)16-18(22-21(28)30-16)29-17(15)20(25)23(19)11-4-2-1-3-5-11/h1-8,14-15,17H,9H2,(H,22,28)/t14-,15+,17-/m0/s1. The quantitative estimate of drug-likeness (QED) is 0.459. The predicted octanol–water partition coefficient (Wildman–Crippen LogP) is 4.33. The Morgan fingerprint density at radius 3 is 2.67 bits per heavy atom. The first-order chi connectivity index (χ1) is 14.6. The number of hydrogen-bond donors (Lipinski definition) is 1. The third-order valence-corrected chi connectivity index (χ3v) is 8.35. The Labute approximate surface area is 184 Å². The van der Waals surface area contributed by atoms with E-state index in [9.17, 15) is 9.59 Å². The number of thiazole rings is 1. The average molecular weight is 455 g/mol. The van der Waals surface area contributed by atoms with Crippen molar-refractivity contribution in [2.24, 2.45) is 5.92 Å². The van der Waals surface area contributed by atoms with Crippen LogP contribution in [0.3, 0.4) is 0 Å². The highest BCUT2D eigenvalue weighted by molar-refractivity contribution is 8.01. The van der Waals surface area contributed by atoms with E-state index in [1.165, 1.54) is 28.0 Å². The highest BCUT2D eigenvalue weighted by atomic mass is 32.2. The maximum atomic E-state index is 13.6. The van der Waals surface area contributed by atoms with E-state index in [4.69, 9.17) is 21.7 Å². The molecule has 3 aromatic rings. The van der Waals surface area contributed by atoms with Gasteiger partial charge < -0.3 is 14.5 Å². The molecule has 0 unspecified atom stereocenters. The zero-order valence-electron chi connectivity index (χ0n) is 15.4. The van der Waals surface area contributed by atoms with Crippen molar-refractivity contribution in [2.75, 3.05) is 11.7 Å². The van der Waals surface area contributed by atoms with Gasteiger partial charge in [0.1, 0.15) is 5.25 Å². The second-order valence-electron chi connectivity index (χ2n) is 7.21. The molecule has 150 valence electrons. The molecular weight excluding hydrogens is 440 g/mol. The fraction of sp³-hybridized carbons (Fsp3) is 0.190. The molecule has 30 heavy (non-hydrogen) atoms. The number of aromatic amines is 1. The van der Waals surface area contributed by atoms with E-state index in [2.05, 4.69) is 4.98 Å². The normalized spacial score (nSPS) is 24.1. The molecule has 1 aromatic heterocycles. The third kappa shape index (κ3) is 2.59. The van der Waals surface area contributed by atoms with Crippen LogP contribution < -0.4 is 14.4 Å². The molecule has 9 heteroatoms. The van der Waals surface area contributed by atoms with E-state index < -0.39 is 11.2 Å². The average Bonchev–Trinajstić information content (AvgIpc) is 3.43. The summed E-state index contributed by atoms with van der Waals surface area (Å²) in [4.78, 5) is 32.4. The molecule has 6 nitrogen and oxygen atoms in total. The van der Waals surface area contributed by atoms with E-state index in [0.29, 0.717) is 21.1 Å². The van der Waals surface area contributed by atoms with E-state index in [1.807, 2.05) is 36.4 Å². The lowest BCUT2D eigenvalue weighted by Gasteiger charge is -2.30. The molecule has 4 heterocycles. The fourth-order valence-electron chi connectivity index (χ4n) is 4.31. The monoisotopic (exact) mass is 454 g/mol. The minimum absolute atomic E-state index is 0.179. The van der Waals surface area contributed by atoms with Gasteiger partial charge in [-0.25, -0.2) is 4.90 Å². The number of ether oxygens (including phenoxy) is 2. The van der Waals surface area contributed by atoms with Crippen molar-refractivity contribution >= 4 is 52.8 Å². The minimum Gasteiger partial charge on any atom is -0.454 e. The Morgan fingerprint density at radius 1 is 1.03 bits per heavy atom. The summed E-state index contributed by atoms with van der Waals surface area (Å²) in [7, 11) is 0. The van der Waals surface area contributed by atoms with Crippen LogP contribution in [0.4, 0.5) is 5.69 Å². The first-order valence-electron chi connectivity index (χ1n) is 9.34. The number of carbonyl (C=O) groups is 2. The SMILES string of the molecule is O=C1[C@@H]2[C@H](c3ccc4c(c3)OCO4)c3sc(=S)[nH]c3S[C@@H]2C(=O)N1c1ccccc1. The van der Waals surface area contributed by atoms with Crippen molar-refractivity contribution in [3.8, 4) is 11.5 Å². The van der Waals surface area contributed by atoms with Crippen molar-refractivity contribution < 1.29 is 19.1 Å². The number of H-pyrrole nitrogens is 1. The molecule has 3 aliphatic heterocycles. The van der Waals surface area contributed by atoms with Crippen LogP contribution in [0.15, 0.2) is 53.6 Å². The molecule has 1 fully saturated rings. The number of amides is 2. The van der Waals surface area contributed by atoms with E-state index in [1.54, 1.807) is 12.1 Å². The molecule has 1 N–H and O–H groups in total. The maximum absolute atomic E-state index is 13.6. The summed E-state index contributed by atoms with van der Waals surface area (Å²) in [5.74, 6) is 0.155. The molecule has 0 radical (unpaired) electrons. The van der Waals surface area contributed by atoms with Gasteiger partial charge in [0, 0.05) is 10.8 Å². The number of nitrogens with one attached hydrogen (secondary N) is 1. The van der Waals surface area contributed by atoms with Gasteiger partial charge in [0.25, 0.3) is 0 Å². The van der Waals surface area contributed by atoms with Crippen LogP contribution in [-0.4, -0.2) is 28.8 Å². The number of carbonyl (C=O) groups excluding carboxylic acids is 2. The molecular formula is C21H14N2O4S3. The van der Waals surface area contributed by atoms with Crippen LogP contribution in [0, 0.1) is 9.87 Å². The van der Waals surface area contributed by atoms with Gasteiger partial charge in [-0.15, -0.1) is 11.3 Å². The third-order valence-electron chi connectivity index (χ3n) is 5.59. The van der Waals surface area contributed by atoms with Crippen molar-refractivity contribution in [1.29, 1.82) is 0 Å². The van der Waals surface area contributed by atoms with Crippen molar-refractivity contribution in [3.05, 3.63) is 62.9 Å². The van der Waals surface area contributed by atoms with Crippen molar-refractivity contribution in [1.82, 2.24) is 4.98 Å². The summed E-state index contributed by atoms with van der Waals surface area (Å²) < 4.78 is 11.6. The number of anilines is 1. The molecule has 0 spiro atoms. The van der Waals surface area contributed by atoms with Gasteiger partial charge in [-0.2, -0.15) is 0 Å². The number of thioether (sulfide) groups is 1. The number of imide groups is 1. The van der Waals surface area contributed by atoms with Gasteiger partial charge in [0.15, 0.2) is 15.5 Å². The zero-order valence-corrected chi connectivity index (χ0v) is 17.8. The summed E-state index contributed by atoms with van der Waals surface area (Å²) in [6.45, 7) is 0.179. The highest BCUT2D eigenvalue weighted by Gasteiger charge is 2.56. The molecule has 0 saturated carbocycles. The largest absolute Gasteiger partial charge is 0.454 e. The zero-order chi connectivity index (χ0) is 20.4. The number of nitrogens with zero attached hydrogens (tertiary/aromatic N) is 1. The minimum atomic E-state index is -0.517. The molecule has 3 atom stereocenters. The number of para-hydroxylation sites is 1. The lowest BCUT2D eigenvalue weighted by atomic mass is 9.83. The van der Waals surface area contributed by atoms with Crippen LogP contribution in [0.2, 0.25) is 0 Å². The Balaban J connectivity index is 1.51. The number of fused-ring (bicyclic) bond motifs is 3. The molecule has 2 amide bonds. The van der Waals surface area contributed by atoms with Gasteiger partial charge in [-0.3, -0.25) is 9.59 Å². The van der Waals surface area contributed by atoms with Crippen LogP contribution in [-0.2, 0) is 9.59 Å². The van der Waals surface area contributed by atoms with Crippen molar-refractivity contribution in [2.45, 2.75) is 16.2 Å². The molecule has 0 bridgehead atoms. The van der Waals surface area contributed by atoms with E-state index in [-0.39, 0.29) is 24.5 Å². The Kier molecular flexibility index (Phi) is 4.06. The van der Waals surface area contributed by atoms with Gasteiger partial charge in [0.2, 0.25) is 18.6 Å². The Bertz CT molecular complexity index is 1250. The Hall–Kier alpha value is -2.62. The smallest absolute Gasteiger partial charge is 0.248 e. The molecule has 6 rings (SSSR count). The number of benzene rings is 2. The summed E-state index contributed by atoms with van der Waals surface area (Å²) in [6, 6.07) is 14.8.